The molecule has 2 N–H and O–H groups in total. The van der Waals surface area contributed by atoms with Crippen molar-refractivity contribution < 1.29 is 9.53 Å². The second-order valence-corrected chi connectivity index (χ2v) is 4.40. The second kappa shape index (κ2) is 4.92. The van der Waals surface area contributed by atoms with E-state index < -0.39 is 12.2 Å². The number of aromatic nitrogens is 2. The number of hydrogen-bond acceptors (Lipinski definition) is 5. The molecule has 6 heteroatoms. The average Bonchev–Trinajstić information content (AvgIpc) is 2.78. The van der Waals surface area contributed by atoms with Gasteiger partial charge in [-0.2, -0.15) is 0 Å². The van der Waals surface area contributed by atoms with E-state index in [4.69, 9.17) is 10.5 Å². The third-order valence-electron chi connectivity index (χ3n) is 2.10. The average molecular weight is 249 g/mol. The number of nitrogens with two attached hydrogens (primary N) is 1. The third-order valence-corrected chi connectivity index (χ3v) is 3.24. The van der Waals surface area contributed by atoms with E-state index in [-0.39, 0.29) is 0 Å². The van der Waals surface area contributed by atoms with Gasteiger partial charge in [0.05, 0.1) is 0 Å². The Labute approximate surface area is 102 Å². The van der Waals surface area contributed by atoms with Crippen LogP contribution in [-0.4, -0.2) is 16.3 Å². The van der Waals surface area contributed by atoms with Crippen LogP contribution in [0.5, 0.6) is 0 Å². The first-order valence-corrected chi connectivity index (χ1v) is 5.83. The summed E-state index contributed by atoms with van der Waals surface area (Å²) in [4.78, 5) is 10.6. The highest BCUT2D eigenvalue weighted by Crippen LogP contribution is 2.27. The van der Waals surface area contributed by atoms with Crippen LogP contribution < -0.4 is 5.73 Å². The maximum atomic E-state index is 10.6. The molecule has 88 valence electrons. The molecule has 0 aliphatic carbocycles. The van der Waals surface area contributed by atoms with Crippen molar-refractivity contribution in [1.82, 2.24) is 10.2 Å². The van der Waals surface area contributed by atoms with Gasteiger partial charge in [-0.3, -0.25) is 0 Å². The van der Waals surface area contributed by atoms with Crippen LogP contribution in [0.3, 0.4) is 0 Å². The van der Waals surface area contributed by atoms with Crippen LogP contribution in [0.4, 0.5) is 4.79 Å². The van der Waals surface area contributed by atoms with E-state index in [9.17, 15) is 4.79 Å². The number of nitrogens with zero attached hydrogens (tertiary/aromatic N) is 2. The number of ether oxygens (including phenoxy) is 1. The molecular weight excluding hydrogens is 238 g/mol. The van der Waals surface area contributed by atoms with Gasteiger partial charge in [0.1, 0.15) is 5.01 Å². The quantitative estimate of drug-likeness (QED) is 0.905. The van der Waals surface area contributed by atoms with Crippen molar-refractivity contribution >= 4 is 17.4 Å². The summed E-state index contributed by atoms with van der Waals surface area (Å²) in [6.45, 7) is 1.71. The summed E-state index contributed by atoms with van der Waals surface area (Å²) in [6, 6.07) is 9.69. The molecule has 1 heterocycles. The number of benzene rings is 1. The van der Waals surface area contributed by atoms with Gasteiger partial charge in [0.15, 0.2) is 11.1 Å². The number of rotatable bonds is 3. The Balaban J connectivity index is 2.19. The molecule has 1 aromatic heterocycles. The third kappa shape index (κ3) is 2.79. The molecule has 1 amide bonds. The Hall–Kier alpha value is -1.95. The molecule has 0 aliphatic rings. The monoisotopic (exact) mass is 249 g/mol. The largest absolute Gasteiger partial charge is 0.439 e. The van der Waals surface area contributed by atoms with Crippen molar-refractivity contribution in [3.63, 3.8) is 0 Å². The van der Waals surface area contributed by atoms with Crippen molar-refractivity contribution in [2.45, 2.75) is 13.0 Å². The fourth-order valence-electron chi connectivity index (χ4n) is 1.32. The minimum absolute atomic E-state index is 0.470. The van der Waals surface area contributed by atoms with Crippen molar-refractivity contribution in [3.05, 3.63) is 35.3 Å². The summed E-state index contributed by atoms with van der Waals surface area (Å²) in [5, 5.41) is 9.45. The van der Waals surface area contributed by atoms with Gasteiger partial charge in [0.2, 0.25) is 0 Å². The minimum atomic E-state index is -0.811. The van der Waals surface area contributed by atoms with Crippen molar-refractivity contribution in [1.29, 1.82) is 0 Å². The Kier molecular flexibility index (Phi) is 3.34. The Morgan fingerprint density at radius 1 is 1.35 bits per heavy atom. The van der Waals surface area contributed by atoms with Crippen LogP contribution in [-0.2, 0) is 4.74 Å². The van der Waals surface area contributed by atoms with E-state index in [0.717, 1.165) is 10.6 Å². The molecule has 0 saturated heterocycles. The second-order valence-electron chi connectivity index (χ2n) is 3.39. The van der Waals surface area contributed by atoms with E-state index in [0.29, 0.717) is 5.01 Å². The lowest BCUT2D eigenvalue weighted by atomic mass is 10.2. The first-order chi connectivity index (χ1) is 8.16. The molecule has 0 radical (unpaired) electrons. The molecule has 5 nitrogen and oxygen atoms in total. The molecule has 0 bridgehead atoms. The standard InChI is InChI=1S/C11H11N3O2S/c1-7(16-11(12)15)9-13-14-10(17-9)8-5-3-2-4-6-8/h2-7H,1H3,(H2,12,15). The molecule has 0 fully saturated rings. The van der Waals surface area contributed by atoms with Gasteiger partial charge in [-0.05, 0) is 6.92 Å². The van der Waals surface area contributed by atoms with Gasteiger partial charge in [-0.1, -0.05) is 41.7 Å². The molecule has 2 rings (SSSR count). The zero-order valence-electron chi connectivity index (χ0n) is 9.16. The first-order valence-electron chi connectivity index (χ1n) is 5.01. The summed E-state index contributed by atoms with van der Waals surface area (Å²) >= 11 is 1.38. The van der Waals surface area contributed by atoms with Crippen LogP contribution in [0.2, 0.25) is 0 Å². The van der Waals surface area contributed by atoms with Gasteiger partial charge in [0, 0.05) is 5.56 Å². The number of carbonyl (C=O) groups is 1. The number of carbonyl (C=O) groups excluding carboxylic acids is 1. The Morgan fingerprint density at radius 3 is 2.71 bits per heavy atom. The number of primary amides is 1. The van der Waals surface area contributed by atoms with Crippen LogP contribution >= 0.6 is 11.3 Å². The SMILES string of the molecule is CC(OC(N)=O)c1nnc(-c2ccccc2)s1. The normalized spacial score (nSPS) is 12.1. The highest BCUT2D eigenvalue weighted by molar-refractivity contribution is 7.14. The van der Waals surface area contributed by atoms with Crippen LogP contribution in [0.25, 0.3) is 10.6 Å². The lowest BCUT2D eigenvalue weighted by Gasteiger charge is -2.05. The maximum absolute atomic E-state index is 10.6. The Morgan fingerprint density at radius 2 is 2.06 bits per heavy atom. The summed E-state index contributed by atoms with van der Waals surface area (Å²) < 4.78 is 4.83. The minimum Gasteiger partial charge on any atom is -0.439 e. The van der Waals surface area contributed by atoms with Gasteiger partial charge in [0.25, 0.3) is 0 Å². The highest BCUT2D eigenvalue weighted by Gasteiger charge is 2.15. The lowest BCUT2D eigenvalue weighted by molar-refractivity contribution is 0.116. The molecule has 1 atom stereocenters. The summed E-state index contributed by atoms with van der Waals surface area (Å²) in [7, 11) is 0. The van der Waals surface area contributed by atoms with Gasteiger partial charge < -0.3 is 10.5 Å². The van der Waals surface area contributed by atoms with Gasteiger partial charge in [-0.25, -0.2) is 4.79 Å². The van der Waals surface area contributed by atoms with E-state index in [2.05, 4.69) is 10.2 Å². The molecule has 0 aliphatic heterocycles. The van der Waals surface area contributed by atoms with E-state index >= 15 is 0 Å². The number of amides is 1. The molecular formula is C11H11N3O2S. The predicted octanol–water partition coefficient (Wildman–Crippen LogP) is 2.36. The van der Waals surface area contributed by atoms with E-state index in [1.165, 1.54) is 11.3 Å². The molecule has 17 heavy (non-hydrogen) atoms. The van der Waals surface area contributed by atoms with E-state index in [1.54, 1.807) is 6.92 Å². The van der Waals surface area contributed by atoms with Crippen LogP contribution in [0.15, 0.2) is 30.3 Å². The zero-order chi connectivity index (χ0) is 12.3. The summed E-state index contributed by atoms with van der Waals surface area (Å²) in [5.74, 6) is 0. The smallest absolute Gasteiger partial charge is 0.405 e. The van der Waals surface area contributed by atoms with Crippen molar-refractivity contribution in [2.24, 2.45) is 5.73 Å². The van der Waals surface area contributed by atoms with E-state index in [1.807, 2.05) is 30.3 Å². The molecule has 1 unspecified atom stereocenters. The van der Waals surface area contributed by atoms with Gasteiger partial charge >= 0.3 is 6.09 Å². The first kappa shape index (κ1) is 11.5. The van der Waals surface area contributed by atoms with Gasteiger partial charge in [-0.15, -0.1) is 10.2 Å². The topological polar surface area (TPSA) is 78.1 Å². The maximum Gasteiger partial charge on any atom is 0.405 e. The number of hydrogen-bond donors (Lipinski definition) is 1. The van der Waals surface area contributed by atoms with Crippen molar-refractivity contribution in [3.8, 4) is 10.6 Å². The zero-order valence-corrected chi connectivity index (χ0v) is 9.98. The molecule has 0 saturated carbocycles. The summed E-state index contributed by atoms with van der Waals surface area (Å²) in [5.41, 5.74) is 5.93. The fourth-order valence-corrected chi connectivity index (χ4v) is 2.15. The van der Waals surface area contributed by atoms with Crippen molar-refractivity contribution in [2.75, 3.05) is 0 Å². The molecule has 2 aromatic rings. The van der Waals surface area contributed by atoms with Crippen LogP contribution in [0.1, 0.15) is 18.0 Å². The predicted molar refractivity (Wildman–Crippen MR) is 64.4 cm³/mol. The Bertz CT molecular complexity index is 512. The molecule has 1 aromatic carbocycles. The summed E-state index contributed by atoms with van der Waals surface area (Å²) in [6.07, 6.45) is -1.28. The molecule has 0 spiro atoms. The lowest BCUT2D eigenvalue weighted by Crippen LogP contribution is -2.15. The fraction of sp³-hybridized carbons (Fsp3) is 0.182. The highest BCUT2D eigenvalue weighted by atomic mass is 32.1. The van der Waals surface area contributed by atoms with Crippen LogP contribution in [0, 0.1) is 0 Å².